The summed E-state index contributed by atoms with van der Waals surface area (Å²) in [6.45, 7) is 2.49. The van der Waals surface area contributed by atoms with E-state index in [-0.39, 0.29) is 15.7 Å². The number of fused-ring (bicyclic) bond motifs is 1. The SMILES string of the molecule is CCn1c(=O)sc2cc(NC(=O)c3ccc(N(C)S(=O)(=O)c4ccc(Cl)cc4)cc3)ccc21. The highest BCUT2D eigenvalue weighted by atomic mass is 35.5. The number of amides is 1. The van der Waals surface area contributed by atoms with Crippen molar-refractivity contribution in [3.63, 3.8) is 0 Å². The Morgan fingerprint density at radius 3 is 2.36 bits per heavy atom. The lowest BCUT2D eigenvalue weighted by Gasteiger charge is -2.19. The van der Waals surface area contributed by atoms with Crippen LogP contribution in [-0.2, 0) is 16.6 Å². The maximum Gasteiger partial charge on any atom is 0.308 e. The molecule has 0 bridgehead atoms. The van der Waals surface area contributed by atoms with Crippen molar-refractivity contribution in [2.45, 2.75) is 18.4 Å². The monoisotopic (exact) mass is 501 g/mol. The van der Waals surface area contributed by atoms with Gasteiger partial charge in [-0.05, 0) is 73.7 Å². The van der Waals surface area contributed by atoms with Gasteiger partial charge >= 0.3 is 4.87 Å². The number of carbonyl (C=O) groups is 1. The lowest BCUT2D eigenvalue weighted by molar-refractivity contribution is 0.102. The number of thiazole rings is 1. The summed E-state index contributed by atoms with van der Waals surface area (Å²) in [5, 5.41) is 3.27. The van der Waals surface area contributed by atoms with Crippen LogP contribution >= 0.6 is 22.9 Å². The van der Waals surface area contributed by atoms with Gasteiger partial charge in [0, 0.05) is 29.9 Å². The van der Waals surface area contributed by atoms with E-state index in [0.717, 1.165) is 25.9 Å². The molecule has 0 aliphatic heterocycles. The van der Waals surface area contributed by atoms with Crippen LogP contribution in [0.4, 0.5) is 11.4 Å². The highest BCUT2D eigenvalue weighted by Gasteiger charge is 2.21. The van der Waals surface area contributed by atoms with Gasteiger partial charge in [0.25, 0.3) is 15.9 Å². The van der Waals surface area contributed by atoms with Crippen molar-refractivity contribution < 1.29 is 13.2 Å². The first-order chi connectivity index (χ1) is 15.7. The molecule has 0 saturated heterocycles. The number of anilines is 2. The van der Waals surface area contributed by atoms with Crippen LogP contribution in [0.15, 0.2) is 76.4 Å². The van der Waals surface area contributed by atoms with Crippen molar-refractivity contribution in [2.24, 2.45) is 0 Å². The Hall–Kier alpha value is -3.14. The third-order valence-electron chi connectivity index (χ3n) is 5.21. The largest absolute Gasteiger partial charge is 0.322 e. The van der Waals surface area contributed by atoms with Crippen molar-refractivity contribution in [1.82, 2.24) is 4.57 Å². The van der Waals surface area contributed by atoms with Crippen LogP contribution in [0.1, 0.15) is 17.3 Å². The first kappa shape index (κ1) is 23.0. The van der Waals surface area contributed by atoms with Gasteiger partial charge in [-0.1, -0.05) is 22.9 Å². The summed E-state index contributed by atoms with van der Waals surface area (Å²) in [5.41, 5.74) is 2.19. The molecular weight excluding hydrogens is 482 g/mol. The molecule has 0 spiro atoms. The van der Waals surface area contributed by atoms with E-state index in [2.05, 4.69) is 5.32 Å². The van der Waals surface area contributed by atoms with E-state index in [0.29, 0.717) is 28.5 Å². The normalized spacial score (nSPS) is 11.5. The topological polar surface area (TPSA) is 88.5 Å². The summed E-state index contributed by atoms with van der Waals surface area (Å²) >= 11 is 6.98. The quantitative estimate of drug-likeness (QED) is 0.410. The number of aryl methyl sites for hydroxylation is 1. The Morgan fingerprint density at radius 2 is 1.73 bits per heavy atom. The van der Waals surface area contributed by atoms with Crippen LogP contribution in [0.25, 0.3) is 10.2 Å². The molecule has 0 radical (unpaired) electrons. The molecule has 1 heterocycles. The van der Waals surface area contributed by atoms with E-state index in [1.807, 2.05) is 13.0 Å². The second-order valence-corrected chi connectivity index (χ2v) is 10.6. The molecule has 0 fully saturated rings. The first-order valence-electron chi connectivity index (χ1n) is 10.00. The van der Waals surface area contributed by atoms with E-state index in [1.165, 1.54) is 31.3 Å². The lowest BCUT2D eigenvalue weighted by Crippen LogP contribution is -2.26. The van der Waals surface area contributed by atoms with E-state index < -0.39 is 10.0 Å². The van der Waals surface area contributed by atoms with Gasteiger partial charge in [-0.3, -0.25) is 18.5 Å². The number of nitrogens with one attached hydrogen (secondary N) is 1. The molecule has 170 valence electrons. The van der Waals surface area contributed by atoms with E-state index >= 15 is 0 Å². The maximum absolute atomic E-state index is 12.8. The number of aromatic nitrogens is 1. The second-order valence-electron chi connectivity index (χ2n) is 7.22. The molecule has 33 heavy (non-hydrogen) atoms. The van der Waals surface area contributed by atoms with Gasteiger partial charge in [0.1, 0.15) is 0 Å². The molecule has 0 saturated carbocycles. The number of halogens is 1. The molecule has 1 aromatic heterocycles. The number of carbonyl (C=O) groups excluding carboxylic acids is 1. The Kier molecular flexibility index (Phi) is 6.29. The first-order valence-corrected chi connectivity index (χ1v) is 12.6. The summed E-state index contributed by atoms with van der Waals surface area (Å²) in [7, 11) is -2.32. The molecule has 0 atom stereocenters. The average molecular weight is 502 g/mol. The zero-order chi connectivity index (χ0) is 23.8. The van der Waals surface area contributed by atoms with Crippen LogP contribution in [-0.4, -0.2) is 25.9 Å². The Labute approximate surface area is 199 Å². The van der Waals surface area contributed by atoms with E-state index in [4.69, 9.17) is 11.6 Å². The van der Waals surface area contributed by atoms with Crippen LogP contribution in [0, 0.1) is 0 Å². The molecule has 0 unspecified atom stereocenters. The number of hydrogen-bond donors (Lipinski definition) is 1. The van der Waals surface area contributed by atoms with Gasteiger partial charge in [0.15, 0.2) is 0 Å². The minimum atomic E-state index is -3.77. The maximum atomic E-state index is 12.8. The highest BCUT2D eigenvalue weighted by molar-refractivity contribution is 7.92. The minimum Gasteiger partial charge on any atom is -0.322 e. The van der Waals surface area contributed by atoms with Crippen molar-refractivity contribution in [1.29, 1.82) is 0 Å². The number of sulfonamides is 1. The molecule has 3 aromatic carbocycles. The number of nitrogens with zero attached hydrogens (tertiary/aromatic N) is 2. The molecule has 7 nitrogen and oxygen atoms in total. The van der Waals surface area contributed by atoms with Crippen LogP contribution in [0.5, 0.6) is 0 Å². The summed E-state index contributed by atoms with van der Waals surface area (Å²) in [6.07, 6.45) is 0. The zero-order valence-corrected chi connectivity index (χ0v) is 20.2. The Morgan fingerprint density at radius 1 is 1.06 bits per heavy atom. The van der Waals surface area contributed by atoms with Gasteiger partial charge in [0.05, 0.1) is 20.8 Å². The standard InChI is InChI=1S/C23H20ClN3O4S2/c1-3-27-20-13-8-17(14-21(20)32-23(27)29)25-22(28)15-4-9-18(10-5-15)26(2)33(30,31)19-11-6-16(24)7-12-19/h4-14H,3H2,1-2H3,(H,25,28). The van der Waals surface area contributed by atoms with E-state index in [1.54, 1.807) is 41.0 Å². The summed E-state index contributed by atoms with van der Waals surface area (Å²) in [4.78, 5) is 24.8. The molecule has 0 aliphatic rings. The molecule has 1 amide bonds. The zero-order valence-electron chi connectivity index (χ0n) is 17.8. The summed E-state index contributed by atoms with van der Waals surface area (Å²) < 4.78 is 29.3. The predicted octanol–water partition coefficient (Wildman–Crippen LogP) is 4.81. The fourth-order valence-corrected chi connectivity index (χ4v) is 5.69. The molecule has 0 aliphatic carbocycles. The fourth-order valence-electron chi connectivity index (χ4n) is 3.37. The van der Waals surface area contributed by atoms with Gasteiger partial charge in [-0.25, -0.2) is 8.42 Å². The Balaban J connectivity index is 1.52. The number of rotatable bonds is 6. The van der Waals surface area contributed by atoms with Crippen LogP contribution in [0.3, 0.4) is 0 Å². The smallest absolute Gasteiger partial charge is 0.308 e. The highest BCUT2D eigenvalue weighted by Crippen LogP contribution is 2.25. The lowest BCUT2D eigenvalue weighted by atomic mass is 10.2. The average Bonchev–Trinajstić information content (AvgIpc) is 3.12. The van der Waals surface area contributed by atoms with Gasteiger partial charge in [-0.2, -0.15) is 0 Å². The van der Waals surface area contributed by atoms with Crippen molar-refractivity contribution in [3.8, 4) is 0 Å². The fraction of sp³-hybridized carbons (Fsp3) is 0.130. The number of benzene rings is 3. The van der Waals surface area contributed by atoms with E-state index in [9.17, 15) is 18.0 Å². The molecular formula is C23H20ClN3O4S2. The molecule has 4 aromatic rings. The van der Waals surface area contributed by atoms with Crippen molar-refractivity contribution in [3.05, 3.63) is 87.0 Å². The minimum absolute atomic E-state index is 0.0377. The molecule has 4 rings (SSSR count). The van der Waals surface area contributed by atoms with Crippen molar-refractivity contribution in [2.75, 3.05) is 16.7 Å². The summed E-state index contributed by atoms with van der Waals surface area (Å²) in [5.74, 6) is -0.341. The van der Waals surface area contributed by atoms with Gasteiger partial charge in [0.2, 0.25) is 0 Å². The Bertz CT molecular complexity index is 1490. The second kappa shape index (κ2) is 9.01. The van der Waals surface area contributed by atoms with Gasteiger partial charge < -0.3 is 5.32 Å². The number of hydrogen-bond acceptors (Lipinski definition) is 5. The third kappa shape index (κ3) is 4.52. The summed E-state index contributed by atoms with van der Waals surface area (Å²) in [6, 6.07) is 17.5. The van der Waals surface area contributed by atoms with Crippen molar-refractivity contribution >= 4 is 60.5 Å². The molecule has 10 heteroatoms. The predicted molar refractivity (Wildman–Crippen MR) is 133 cm³/mol. The van der Waals surface area contributed by atoms with Crippen LogP contribution < -0.4 is 14.5 Å². The molecule has 1 N–H and O–H groups in total. The van der Waals surface area contributed by atoms with Crippen LogP contribution in [0.2, 0.25) is 5.02 Å². The van der Waals surface area contributed by atoms with Gasteiger partial charge in [-0.15, -0.1) is 0 Å². The third-order valence-corrected chi connectivity index (χ3v) is 8.20.